The first-order valence-electron chi connectivity index (χ1n) is 6.94. The lowest BCUT2D eigenvalue weighted by atomic mass is 9.77. The number of methoxy groups -OCH3 is 1. The highest BCUT2D eigenvalue weighted by atomic mass is 16.5. The molecule has 0 aliphatic heterocycles. The van der Waals surface area contributed by atoms with Crippen molar-refractivity contribution in [2.45, 2.75) is 44.4 Å². The van der Waals surface area contributed by atoms with Crippen molar-refractivity contribution >= 4 is 0 Å². The Kier molecular flexibility index (Phi) is 5.06. The molecular formula is C16H24O. The van der Waals surface area contributed by atoms with E-state index in [1.807, 2.05) is 0 Å². The molecule has 0 amide bonds. The van der Waals surface area contributed by atoms with Crippen molar-refractivity contribution in [3.63, 3.8) is 0 Å². The Morgan fingerprint density at radius 3 is 2.41 bits per heavy atom. The molecule has 1 aliphatic carbocycles. The summed E-state index contributed by atoms with van der Waals surface area (Å²) in [5.41, 5.74) is 1.54. The first kappa shape index (κ1) is 12.6. The van der Waals surface area contributed by atoms with Gasteiger partial charge in [-0.2, -0.15) is 0 Å². The van der Waals surface area contributed by atoms with E-state index in [0.717, 1.165) is 18.4 Å². The van der Waals surface area contributed by atoms with Gasteiger partial charge < -0.3 is 4.74 Å². The summed E-state index contributed by atoms with van der Waals surface area (Å²) >= 11 is 0. The summed E-state index contributed by atoms with van der Waals surface area (Å²) in [6, 6.07) is 11.0. The summed E-state index contributed by atoms with van der Waals surface area (Å²) in [6.45, 7) is 0.929. The van der Waals surface area contributed by atoms with Crippen molar-refractivity contribution in [3.8, 4) is 0 Å². The van der Waals surface area contributed by atoms with Gasteiger partial charge in [-0.3, -0.25) is 0 Å². The third-order valence-corrected chi connectivity index (χ3v) is 4.08. The van der Waals surface area contributed by atoms with Crippen molar-refractivity contribution in [1.29, 1.82) is 0 Å². The first-order chi connectivity index (χ1) is 8.40. The van der Waals surface area contributed by atoms with Crippen molar-refractivity contribution in [3.05, 3.63) is 35.9 Å². The monoisotopic (exact) mass is 232 g/mol. The zero-order valence-electron chi connectivity index (χ0n) is 10.9. The van der Waals surface area contributed by atoms with Crippen molar-refractivity contribution in [2.24, 2.45) is 5.92 Å². The molecule has 1 aliphatic rings. The molecule has 0 spiro atoms. The summed E-state index contributed by atoms with van der Waals surface area (Å²) in [5.74, 6) is 1.76. The molecule has 0 atom stereocenters. The van der Waals surface area contributed by atoms with E-state index in [-0.39, 0.29) is 0 Å². The predicted octanol–water partition coefficient (Wildman–Crippen LogP) is 4.39. The molecule has 0 radical (unpaired) electrons. The van der Waals surface area contributed by atoms with Gasteiger partial charge in [0.15, 0.2) is 0 Å². The van der Waals surface area contributed by atoms with Crippen LogP contribution in [0.3, 0.4) is 0 Å². The Hall–Kier alpha value is -0.820. The van der Waals surface area contributed by atoms with Crippen LogP contribution in [0.5, 0.6) is 0 Å². The normalized spacial score (nSPS) is 24.8. The SMILES string of the molecule is COCCCC1CCC(c2ccccc2)CC1. The first-order valence-corrected chi connectivity index (χ1v) is 6.94. The standard InChI is InChI=1S/C16H24O/c1-17-13-5-6-14-9-11-16(12-10-14)15-7-3-2-4-8-15/h2-4,7-8,14,16H,5-6,9-13H2,1H3. The molecule has 1 heteroatoms. The van der Waals surface area contributed by atoms with Gasteiger partial charge >= 0.3 is 0 Å². The molecule has 0 aromatic heterocycles. The van der Waals surface area contributed by atoms with E-state index in [2.05, 4.69) is 30.3 Å². The highest BCUT2D eigenvalue weighted by Crippen LogP contribution is 2.37. The summed E-state index contributed by atoms with van der Waals surface area (Å²) in [6.07, 6.45) is 8.16. The highest BCUT2D eigenvalue weighted by Gasteiger charge is 2.21. The van der Waals surface area contributed by atoms with Crippen LogP contribution < -0.4 is 0 Å². The molecule has 0 heterocycles. The molecule has 1 aromatic rings. The van der Waals surface area contributed by atoms with Crippen LogP contribution >= 0.6 is 0 Å². The molecule has 94 valence electrons. The lowest BCUT2D eigenvalue weighted by Crippen LogP contribution is -2.13. The van der Waals surface area contributed by atoms with E-state index in [1.165, 1.54) is 38.5 Å². The fraction of sp³-hybridized carbons (Fsp3) is 0.625. The number of hydrogen-bond acceptors (Lipinski definition) is 1. The van der Waals surface area contributed by atoms with E-state index in [0.29, 0.717) is 0 Å². The van der Waals surface area contributed by atoms with Gasteiger partial charge in [0.1, 0.15) is 0 Å². The molecular weight excluding hydrogens is 208 g/mol. The quantitative estimate of drug-likeness (QED) is 0.684. The van der Waals surface area contributed by atoms with Crippen LogP contribution in [0.4, 0.5) is 0 Å². The molecule has 0 N–H and O–H groups in total. The second-order valence-corrected chi connectivity index (χ2v) is 5.26. The van der Waals surface area contributed by atoms with Gasteiger partial charge in [0.2, 0.25) is 0 Å². The second-order valence-electron chi connectivity index (χ2n) is 5.26. The fourth-order valence-corrected chi connectivity index (χ4v) is 3.03. The van der Waals surface area contributed by atoms with Gasteiger partial charge in [-0.25, -0.2) is 0 Å². The maximum Gasteiger partial charge on any atom is 0.0462 e. The van der Waals surface area contributed by atoms with Crippen LogP contribution in [-0.4, -0.2) is 13.7 Å². The summed E-state index contributed by atoms with van der Waals surface area (Å²) in [5, 5.41) is 0. The third-order valence-electron chi connectivity index (χ3n) is 4.08. The minimum atomic E-state index is 0.815. The molecule has 17 heavy (non-hydrogen) atoms. The predicted molar refractivity (Wildman–Crippen MR) is 72.3 cm³/mol. The van der Waals surface area contributed by atoms with Crippen LogP contribution in [0.15, 0.2) is 30.3 Å². The average molecular weight is 232 g/mol. The van der Waals surface area contributed by atoms with Crippen LogP contribution in [-0.2, 0) is 4.74 Å². The lowest BCUT2D eigenvalue weighted by Gasteiger charge is -2.28. The van der Waals surface area contributed by atoms with Gasteiger partial charge in [0.25, 0.3) is 0 Å². The molecule has 1 nitrogen and oxygen atoms in total. The van der Waals surface area contributed by atoms with E-state index < -0.39 is 0 Å². The zero-order valence-corrected chi connectivity index (χ0v) is 10.9. The number of benzene rings is 1. The Labute approximate surface area is 105 Å². The Bertz CT molecular complexity index is 299. The molecule has 0 bridgehead atoms. The van der Waals surface area contributed by atoms with E-state index in [9.17, 15) is 0 Å². The minimum Gasteiger partial charge on any atom is -0.385 e. The van der Waals surface area contributed by atoms with Crippen molar-refractivity contribution in [2.75, 3.05) is 13.7 Å². The lowest BCUT2D eigenvalue weighted by molar-refractivity contribution is 0.180. The average Bonchev–Trinajstić information content (AvgIpc) is 2.41. The van der Waals surface area contributed by atoms with E-state index in [1.54, 1.807) is 12.7 Å². The van der Waals surface area contributed by atoms with Gasteiger partial charge in [-0.1, -0.05) is 30.3 Å². The smallest absolute Gasteiger partial charge is 0.0462 e. The topological polar surface area (TPSA) is 9.23 Å². The second kappa shape index (κ2) is 6.80. The number of ether oxygens (including phenoxy) is 1. The zero-order chi connectivity index (χ0) is 11.9. The van der Waals surface area contributed by atoms with Gasteiger partial charge in [-0.05, 0) is 55.9 Å². The molecule has 1 fully saturated rings. The van der Waals surface area contributed by atoms with Crippen LogP contribution in [0.25, 0.3) is 0 Å². The Morgan fingerprint density at radius 1 is 1.06 bits per heavy atom. The molecule has 1 saturated carbocycles. The number of rotatable bonds is 5. The summed E-state index contributed by atoms with van der Waals surface area (Å²) < 4.78 is 5.12. The molecule has 2 rings (SSSR count). The van der Waals surface area contributed by atoms with Gasteiger partial charge in [0.05, 0.1) is 0 Å². The van der Waals surface area contributed by atoms with E-state index in [4.69, 9.17) is 4.74 Å². The molecule has 0 unspecified atom stereocenters. The van der Waals surface area contributed by atoms with E-state index >= 15 is 0 Å². The Balaban J connectivity index is 1.74. The van der Waals surface area contributed by atoms with Crippen LogP contribution in [0, 0.1) is 5.92 Å². The van der Waals surface area contributed by atoms with Crippen LogP contribution in [0.2, 0.25) is 0 Å². The maximum atomic E-state index is 5.12. The fourth-order valence-electron chi connectivity index (χ4n) is 3.03. The minimum absolute atomic E-state index is 0.815. The molecule has 0 saturated heterocycles. The van der Waals surface area contributed by atoms with Crippen LogP contribution in [0.1, 0.15) is 50.0 Å². The van der Waals surface area contributed by atoms with Crippen molar-refractivity contribution in [1.82, 2.24) is 0 Å². The summed E-state index contributed by atoms with van der Waals surface area (Å²) in [7, 11) is 1.80. The molecule has 1 aromatic carbocycles. The maximum absolute atomic E-state index is 5.12. The van der Waals surface area contributed by atoms with Gasteiger partial charge in [0, 0.05) is 13.7 Å². The van der Waals surface area contributed by atoms with Gasteiger partial charge in [-0.15, -0.1) is 0 Å². The highest BCUT2D eigenvalue weighted by molar-refractivity contribution is 5.19. The third kappa shape index (κ3) is 3.85. The Morgan fingerprint density at radius 2 is 1.76 bits per heavy atom. The van der Waals surface area contributed by atoms with Crippen molar-refractivity contribution < 1.29 is 4.74 Å². The summed E-state index contributed by atoms with van der Waals surface area (Å²) in [4.78, 5) is 0. The number of hydrogen-bond donors (Lipinski definition) is 0. The largest absolute Gasteiger partial charge is 0.385 e.